The molecule has 0 saturated carbocycles. The fourth-order valence-electron chi connectivity index (χ4n) is 0.596. The van der Waals surface area contributed by atoms with Crippen molar-refractivity contribution in [1.29, 1.82) is 0 Å². The summed E-state index contributed by atoms with van der Waals surface area (Å²) >= 11 is 9.85. The summed E-state index contributed by atoms with van der Waals surface area (Å²) in [5.41, 5.74) is 0.866. The molecule has 0 aliphatic carbocycles. The molecular formula is C6H6BrClN2OS. The second kappa shape index (κ2) is 4.20. The number of rotatable bonds is 2. The highest BCUT2D eigenvalue weighted by atomic mass is 79.9. The molecule has 0 bridgehead atoms. The Morgan fingerprint density at radius 1 is 1.83 bits per heavy atom. The van der Waals surface area contributed by atoms with Crippen LogP contribution < -0.4 is 5.32 Å². The molecule has 12 heavy (non-hydrogen) atoms. The molecule has 0 aliphatic rings. The number of amides is 1. The van der Waals surface area contributed by atoms with Crippen LogP contribution in [-0.2, 0) is 4.79 Å². The van der Waals surface area contributed by atoms with Gasteiger partial charge in [-0.2, -0.15) is 4.37 Å². The molecule has 0 unspecified atom stereocenters. The second-order valence-corrected chi connectivity index (χ2v) is 3.93. The molecule has 1 aromatic heterocycles. The largest absolute Gasteiger partial charge is 0.314 e. The summed E-state index contributed by atoms with van der Waals surface area (Å²) in [6.45, 7) is 1.86. The number of aryl methyl sites for hydroxylation is 1. The Morgan fingerprint density at radius 3 is 2.92 bits per heavy atom. The first-order chi connectivity index (χ1) is 5.65. The van der Waals surface area contributed by atoms with Gasteiger partial charge < -0.3 is 5.32 Å². The highest BCUT2D eigenvalue weighted by Crippen LogP contribution is 2.29. The summed E-state index contributed by atoms with van der Waals surface area (Å²) in [4.78, 5) is 10.9. The van der Waals surface area contributed by atoms with E-state index in [9.17, 15) is 4.79 Å². The molecule has 1 rings (SSSR count). The van der Waals surface area contributed by atoms with Gasteiger partial charge in [-0.1, -0.05) is 0 Å². The van der Waals surface area contributed by atoms with Crippen LogP contribution in [0, 0.1) is 6.92 Å². The molecule has 0 aromatic carbocycles. The van der Waals surface area contributed by atoms with Crippen molar-refractivity contribution < 1.29 is 4.79 Å². The molecule has 0 fully saturated rings. The Morgan fingerprint density at radius 2 is 2.50 bits per heavy atom. The number of nitrogens with zero attached hydrogens (tertiary/aromatic N) is 1. The number of anilines is 1. The van der Waals surface area contributed by atoms with Crippen LogP contribution in [-0.4, -0.2) is 16.2 Å². The van der Waals surface area contributed by atoms with Crippen LogP contribution in [0.5, 0.6) is 0 Å². The van der Waals surface area contributed by atoms with Crippen LogP contribution in [0.25, 0.3) is 0 Å². The molecule has 0 atom stereocenters. The SMILES string of the molecule is Cc1nsc(NC(=O)CCl)c1Br. The molecule has 0 saturated heterocycles. The zero-order valence-corrected chi connectivity index (χ0v) is 9.39. The second-order valence-electron chi connectivity index (χ2n) is 2.09. The predicted octanol–water partition coefficient (Wildman–Crippen LogP) is 2.39. The third kappa shape index (κ3) is 2.18. The van der Waals surface area contributed by atoms with Crippen LogP contribution >= 0.6 is 39.1 Å². The molecule has 66 valence electrons. The number of halogens is 2. The smallest absolute Gasteiger partial charge is 0.239 e. The van der Waals surface area contributed by atoms with E-state index >= 15 is 0 Å². The van der Waals surface area contributed by atoms with E-state index in [-0.39, 0.29) is 11.8 Å². The van der Waals surface area contributed by atoms with Gasteiger partial charge in [0.15, 0.2) is 0 Å². The fraction of sp³-hybridized carbons (Fsp3) is 0.333. The molecular weight excluding hydrogens is 264 g/mol. The molecule has 6 heteroatoms. The van der Waals surface area contributed by atoms with E-state index in [0.29, 0.717) is 5.00 Å². The quantitative estimate of drug-likeness (QED) is 0.838. The molecule has 1 aromatic rings. The third-order valence-corrected chi connectivity index (χ3v) is 3.49. The minimum absolute atomic E-state index is 0.0383. The van der Waals surface area contributed by atoms with Crippen molar-refractivity contribution in [2.45, 2.75) is 6.92 Å². The van der Waals surface area contributed by atoms with Gasteiger partial charge in [-0.3, -0.25) is 4.79 Å². The van der Waals surface area contributed by atoms with Crippen molar-refractivity contribution in [1.82, 2.24) is 4.37 Å². The first-order valence-corrected chi connectivity index (χ1v) is 5.23. The summed E-state index contributed by atoms with van der Waals surface area (Å²) in [5, 5.41) is 3.33. The Kier molecular flexibility index (Phi) is 3.49. The highest BCUT2D eigenvalue weighted by molar-refractivity contribution is 9.10. The first-order valence-electron chi connectivity index (χ1n) is 3.12. The number of carbonyl (C=O) groups is 1. The number of hydrogen-bond acceptors (Lipinski definition) is 3. The molecule has 3 nitrogen and oxygen atoms in total. The van der Waals surface area contributed by atoms with E-state index in [4.69, 9.17) is 11.6 Å². The summed E-state index contributed by atoms with van der Waals surface area (Å²) in [6.07, 6.45) is 0. The monoisotopic (exact) mass is 268 g/mol. The predicted molar refractivity (Wildman–Crippen MR) is 53.9 cm³/mol. The van der Waals surface area contributed by atoms with Crippen LogP contribution in [0.4, 0.5) is 5.00 Å². The fourth-order valence-corrected chi connectivity index (χ4v) is 1.89. The lowest BCUT2D eigenvalue weighted by Crippen LogP contribution is -2.11. The third-order valence-electron chi connectivity index (χ3n) is 1.17. The number of aromatic nitrogens is 1. The van der Waals surface area contributed by atoms with Crippen molar-refractivity contribution in [2.24, 2.45) is 0 Å². The van der Waals surface area contributed by atoms with Gasteiger partial charge in [-0.05, 0) is 34.4 Å². The Bertz CT molecular complexity index is 302. The van der Waals surface area contributed by atoms with E-state index in [1.54, 1.807) is 0 Å². The van der Waals surface area contributed by atoms with Crippen molar-refractivity contribution in [2.75, 3.05) is 11.2 Å². The molecule has 0 spiro atoms. The van der Waals surface area contributed by atoms with E-state index < -0.39 is 0 Å². The maximum atomic E-state index is 10.9. The zero-order valence-electron chi connectivity index (χ0n) is 6.23. The topological polar surface area (TPSA) is 42.0 Å². The number of alkyl halides is 1. The van der Waals surface area contributed by atoms with Crippen molar-refractivity contribution >= 4 is 50.0 Å². The lowest BCUT2D eigenvalue weighted by molar-refractivity contribution is -0.113. The van der Waals surface area contributed by atoms with E-state index in [0.717, 1.165) is 10.2 Å². The molecule has 0 aliphatic heterocycles. The summed E-state index contributed by atoms with van der Waals surface area (Å²) < 4.78 is 4.87. The lowest BCUT2D eigenvalue weighted by Gasteiger charge is -1.97. The Hall–Kier alpha value is -0.130. The van der Waals surface area contributed by atoms with Gasteiger partial charge in [0.1, 0.15) is 10.9 Å². The molecule has 1 N–H and O–H groups in total. The minimum Gasteiger partial charge on any atom is -0.314 e. The molecule has 1 heterocycles. The molecule has 1 amide bonds. The lowest BCUT2D eigenvalue weighted by atomic mass is 10.5. The van der Waals surface area contributed by atoms with Gasteiger partial charge >= 0.3 is 0 Å². The number of carbonyl (C=O) groups excluding carboxylic acids is 1. The van der Waals surface area contributed by atoms with E-state index in [1.807, 2.05) is 6.92 Å². The van der Waals surface area contributed by atoms with Crippen LogP contribution in [0.2, 0.25) is 0 Å². The normalized spacial score (nSPS) is 9.92. The maximum absolute atomic E-state index is 10.9. The van der Waals surface area contributed by atoms with Crippen molar-refractivity contribution in [3.05, 3.63) is 10.2 Å². The zero-order chi connectivity index (χ0) is 9.14. The average molecular weight is 270 g/mol. The first kappa shape index (κ1) is 9.95. The van der Waals surface area contributed by atoms with E-state index in [2.05, 4.69) is 25.6 Å². The molecule has 0 radical (unpaired) electrons. The maximum Gasteiger partial charge on any atom is 0.239 e. The van der Waals surface area contributed by atoms with Gasteiger partial charge in [0.2, 0.25) is 5.91 Å². The average Bonchev–Trinajstić information content (AvgIpc) is 2.36. The summed E-state index contributed by atoms with van der Waals surface area (Å²) in [6, 6.07) is 0. The van der Waals surface area contributed by atoms with Crippen LogP contribution in [0.3, 0.4) is 0 Å². The minimum atomic E-state index is -0.221. The van der Waals surface area contributed by atoms with Gasteiger partial charge in [0.25, 0.3) is 0 Å². The highest BCUT2D eigenvalue weighted by Gasteiger charge is 2.09. The van der Waals surface area contributed by atoms with Crippen molar-refractivity contribution in [3.8, 4) is 0 Å². The van der Waals surface area contributed by atoms with E-state index in [1.165, 1.54) is 11.5 Å². The van der Waals surface area contributed by atoms with Gasteiger partial charge in [-0.25, -0.2) is 0 Å². The Balaban J connectivity index is 2.76. The summed E-state index contributed by atoms with van der Waals surface area (Å²) in [5.74, 6) is -0.260. The van der Waals surface area contributed by atoms with Gasteiger partial charge in [-0.15, -0.1) is 11.6 Å². The number of hydrogen-bond donors (Lipinski definition) is 1. The summed E-state index contributed by atoms with van der Waals surface area (Å²) in [7, 11) is 0. The number of nitrogens with one attached hydrogen (secondary N) is 1. The van der Waals surface area contributed by atoms with Crippen molar-refractivity contribution in [3.63, 3.8) is 0 Å². The van der Waals surface area contributed by atoms with Gasteiger partial charge in [0.05, 0.1) is 10.2 Å². The Labute approximate surface area is 87.4 Å². The standard InChI is InChI=1S/C6H6BrClN2OS/c1-3-5(7)6(12-10-3)9-4(11)2-8/h2H2,1H3,(H,9,11). The van der Waals surface area contributed by atoms with Crippen LogP contribution in [0.15, 0.2) is 4.47 Å². The van der Waals surface area contributed by atoms with Gasteiger partial charge in [0, 0.05) is 0 Å². The van der Waals surface area contributed by atoms with Crippen LogP contribution in [0.1, 0.15) is 5.69 Å².